The molecule has 0 fully saturated rings. The van der Waals surface area contributed by atoms with E-state index in [0.29, 0.717) is 12.8 Å². The summed E-state index contributed by atoms with van der Waals surface area (Å²) in [6.07, 6.45) is 7.49. The number of carboxylic acid groups (broad SMARTS) is 2. The van der Waals surface area contributed by atoms with E-state index in [-0.39, 0.29) is 37.7 Å². The molecule has 2 aliphatic heterocycles. The van der Waals surface area contributed by atoms with Crippen LogP contribution in [0.3, 0.4) is 0 Å². The zero-order valence-electron chi connectivity index (χ0n) is 13.1. The molecule has 2 amide bonds. The van der Waals surface area contributed by atoms with Crippen molar-refractivity contribution in [1.29, 1.82) is 0 Å². The van der Waals surface area contributed by atoms with E-state index in [1.807, 2.05) is 0 Å². The minimum absolute atomic E-state index is 0.166. The molecule has 2 unspecified atom stereocenters. The van der Waals surface area contributed by atoms with Crippen LogP contribution in [0.4, 0.5) is 0 Å². The van der Waals surface area contributed by atoms with Crippen molar-refractivity contribution in [2.24, 2.45) is 0 Å². The molecule has 0 spiro atoms. The number of amides is 2. The Morgan fingerprint density at radius 3 is 1.50 bits per heavy atom. The SMILES string of the molecule is O=C(O)C1C=CCN1C(=O)CCCCC(=O)N1CC=CC1C(=O)O. The third kappa shape index (κ3) is 4.01. The lowest BCUT2D eigenvalue weighted by atomic mass is 10.1. The van der Waals surface area contributed by atoms with Gasteiger partial charge >= 0.3 is 11.9 Å². The lowest BCUT2D eigenvalue weighted by Gasteiger charge is -2.22. The summed E-state index contributed by atoms with van der Waals surface area (Å²) in [4.78, 5) is 48.7. The standard InChI is InChI=1S/C16H20N2O6/c19-13(17-9-3-5-11(17)15(21)22)7-1-2-8-14(20)18-10-4-6-12(18)16(23)24/h3-6,11-12H,1-2,7-10H2,(H,21,22)(H,23,24). The molecule has 130 valence electrons. The smallest absolute Gasteiger partial charge is 0.330 e. The van der Waals surface area contributed by atoms with Gasteiger partial charge in [0.25, 0.3) is 0 Å². The van der Waals surface area contributed by atoms with E-state index in [2.05, 4.69) is 0 Å². The highest BCUT2D eigenvalue weighted by Crippen LogP contribution is 2.16. The van der Waals surface area contributed by atoms with Crippen molar-refractivity contribution in [3.05, 3.63) is 24.3 Å². The van der Waals surface area contributed by atoms with E-state index in [4.69, 9.17) is 10.2 Å². The van der Waals surface area contributed by atoms with Crippen LogP contribution in [0.5, 0.6) is 0 Å². The Hall–Kier alpha value is -2.64. The molecule has 0 aliphatic carbocycles. The zero-order chi connectivity index (χ0) is 17.7. The van der Waals surface area contributed by atoms with Crippen molar-refractivity contribution in [2.45, 2.75) is 37.8 Å². The normalized spacial score (nSPS) is 22.2. The second-order valence-electron chi connectivity index (χ2n) is 5.72. The molecule has 2 aliphatic rings. The quantitative estimate of drug-likeness (QED) is 0.509. The van der Waals surface area contributed by atoms with Crippen molar-refractivity contribution in [2.75, 3.05) is 13.1 Å². The molecule has 0 aromatic rings. The van der Waals surface area contributed by atoms with Gasteiger partial charge in [0.2, 0.25) is 11.8 Å². The summed E-state index contributed by atoms with van der Waals surface area (Å²) in [5, 5.41) is 18.0. The van der Waals surface area contributed by atoms with Crippen LogP contribution >= 0.6 is 0 Å². The van der Waals surface area contributed by atoms with Gasteiger partial charge in [-0.3, -0.25) is 9.59 Å². The van der Waals surface area contributed by atoms with Crippen LogP contribution < -0.4 is 0 Å². The molecule has 0 aromatic heterocycles. The highest BCUT2D eigenvalue weighted by Gasteiger charge is 2.31. The van der Waals surface area contributed by atoms with Crippen molar-refractivity contribution in [3.8, 4) is 0 Å². The number of hydrogen-bond acceptors (Lipinski definition) is 4. The molecule has 0 aromatic carbocycles. The molecule has 0 radical (unpaired) electrons. The monoisotopic (exact) mass is 336 g/mol. The van der Waals surface area contributed by atoms with Crippen LogP contribution in [0.25, 0.3) is 0 Å². The van der Waals surface area contributed by atoms with Gasteiger partial charge in [-0.2, -0.15) is 0 Å². The van der Waals surface area contributed by atoms with Crippen LogP contribution in [0.2, 0.25) is 0 Å². The van der Waals surface area contributed by atoms with Gasteiger partial charge in [-0.05, 0) is 12.8 Å². The molecule has 0 saturated carbocycles. The molecule has 2 heterocycles. The van der Waals surface area contributed by atoms with Gasteiger partial charge in [-0.1, -0.05) is 24.3 Å². The molecule has 8 nitrogen and oxygen atoms in total. The maximum atomic E-state index is 12.0. The maximum absolute atomic E-state index is 12.0. The van der Waals surface area contributed by atoms with Gasteiger partial charge in [0.15, 0.2) is 0 Å². The lowest BCUT2D eigenvalue weighted by molar-refractivity contribution is -0.147. The maximum Gasteiger partial charge on any atom is 0.330 e. The predicted octanol–water partition coefficient (Wildman–Crippen LogP) is 0.250. The van der Waals surface area contributed by atoms with Gasteiger partial charge in [0, 0.05) is 25.9 Å². The van der Waals surface area contributed by atoms with E-state index in [1.165, 1.54) is 22.0 Å². The molecule has 0 saturated heterocycles. The van der Waals surface area contributed by atoms with Crippen LogP contribution in [0.15, 0.2) is 24.3 Å². The van der Waals surface area contributed by atoms with Gasteiger partial charge < -0.3 is 20.0 Å². The van der Waals surface area contributed by atoms with Crippen LogP contribution in [0.1, 0.15) is 25.7 Å². The van der Waals surface area contributed by atoms with E-state index < -0.39 is 24.0 Å². The van der Waals surface area contributed by atoms with Gasteiger partial charge in [-0.25, -0.2) is 9.59 Å². The Bertz CT molecular complexity index is 545. The molecule has 8 heteroatoms. The Labute approximate surface area is 139 Å². The van der Waals surface area contributed by atoms with Crippen LogP contribution in [0, 0.1) is 0 Å². The fourth-order valence-electron chi connectivity index (χ4n) is 2.83. The molecular weight excluding hydrogens is 316 g/mol. The number of aliphatic carboxylic acids is 2. The minimum atomic E-state index is -1.06. The first-order chi connectivity index (χ1) is 11.4. The first kappa shape index (κ1) is 17.7. The average molecular weight is 336 g/mol. The Kier molecular flexibility index (Phi) is 5.73. The van der Waals surface area contributed by atoms with Crippen molar-refractivity contribution < 1.29 is 29.4 Å². The number of carbonyl (C=O) groups excluding carboxylic acids is 2. The number of hydrogen-bond donors (Lipinski definition) is 2. The number of carboxylic acids is 2. The van der Waals surface area contributed by atoms with Gasteiger partial charge in [0.05, 0.1) is 0 Å². The Morgan fingerprint density at radius 2 is 1.17 bits per heavy atom. The van der Waals surface area contributed by atoms with Crippen molar-refractivity contribution in [3.63, 3.8) is 0 Å². The third-order valence-corrected chi connectivity index (χ3v) is 4.09. The number of rotatable bonds is 7. The zero-order valence-corrected chi connectivity index (χ0v) is 13.1. The minimum Gasteiger partial charge on any atom is -0.479 e. The second-order valence-corrected chi connectivity index (χ2v) is 5.72. The topological polar surface area (TPSA) is 115 Å². The number of nitrogens with zero attached hydrogens (tertiary/aromatic N) is 2. The molecule has 2 N–H and O–H groups in total. The summed E-state index contributed by atoms with van der Waals surface area (Å²) in [5.41, 5.74) is 0. The molecule has 2 rings (SSSR count). The summed E-state index contributed by atoms with van der Waals surface area (Å²) >= 11 is 0. The van der Waals surface area contributed by atoms with Crippen molar-refractivity contribution >= 4 is 23.8 Å². The van der Waals surface area contributed by atoms with Crippen LogP contribution in [-0.2, 0) is 19.2 Å². The Morgan fingerprint density at radius 1 is 0.792 bits per heavy atom. The third-order valence-electron chi connectivity index (χ3n) is 4.09. The first-order valence-electron chi connectivity index (χ1n) is 7.79. The van der Waals surface area contributed by atoms with E-state index in [1.54, 1.807) is 12.2 Å². The summed E-state index contributed by atoms with van der Waals surface area (Å²) in [5.74, 6) is -2.64. The predicted molar refractivity (Wildman–Crippen MR) is 83.0 cm³/mol. The summed E-state index contributed by atoms with van der Waals surface area (Å²) in [6, 6.07) is -1.82. The van der Waals surface area contributed by atoms with Gasteiger partial charge in [0.1, 0.15) is 12.1 Å². The Balaban J connectivity index is 1.71. The fourth-order valence-corrected chi connectivity index (χ4v) is 2.83. The largest absolute Gasteiger partial charge is 0.479 e. The molecule has 0 bridgehead atoms. The second kappa shape index (κ2) is 7.76. The highest BCUT2D eigenvalue weighted by atomic mass is 16.4. The summed E-state index contributed by atoms with van der Waals surface area (Å²) in [6.45, 7) is 0.572. The van der Waals surface area contributed by atoms with Crippen LogP contribution in [-0.4, -0.2) is 68.9 Å². The first-order valence-corrected chi connectivity index (χ1v) is 7.79. The van der Waals surface area contributed by atoms with E-state index in [9.17, 15) is 19.2 Å². The van der Waals surface area contributed by atoms with E-state index in [0.717, 1.165) is 0 Å². The molecule has 24 heavy (non-hydrogen) atoms. The van der Waals surface area contributed by atoms with Gasteiger partial charge in [-0.15, -0.1) is 0 Å². The number of carbonyl (C=O) groups is 4. The summed E-state index contributed by atoms with van der Waals surface area (Å²) in [7, 11) is 0. The highest BCUT2D eigenvalue weighted by molar-refractivity contribution is 5.87. The molecule has 2 atom stereocenters. The number of unbranched alkanes of at least 4 members (excludes halogenated alkanes) is 1. The fraction of sp³-hybridized carbons (Fsp3) is 0.500. The molecular formula is C16H20N2O6. The average Bonchev–Trinajstić information content (AvgIpc) is 3.19. The lowest BCUT2D eigenvalue weighted by Crippen LogP contribution is -2.41. The van der Waals surface area contributed by atoms with E-state index >= 15 is 0 Å². The van der Waals surface area contributed by atoms with Crippen molar-refractivity contribution in [1.82, 2.24) is 9.80 Å². The summed E-state index contributed by atoms with van der Waals surface area (Å²) < 4.78 is 0.